The molecule has 1 atom stereocenters. The van der Waals surface area contributed by atoms with Gasteiger partial charge in [0.1, 0.15) is 6.10 Å². The normalized spacial score (nSPS) is 12.8. The summed E-state index contributed by atoms with van der Waals surface area (Å²) in [6.45, 7) is 4.46. The largest absolute Gasteiger partial charge is 0.481 e. The zero-order chi connectivity index (χ0) is 29.4. The van der Waals surface area contributed by atoms with Crippen molar-refractivity contribution in [2.24, 2.45) is 0 Å². The van der Waals surface area contributed by atoms with Crippen LogP contribution in [0.15, 0.2) is 48.6 Å². The Morgan fingerprint density at radius 3 is 1.62 bits per heavy atom. The van der Waals surface area contributed by atoms with E-state index in [-0.39, 0.29) is 18.5 Å². The van der Waals surface area contributed by atoms with Crippen molar-refractivity contribution in [2.45, 2.75) is 168 Å². The summed E-state index contributed by atoms with van der Waals surface area (Å²) in [6, 6.07) is 0. The van der Waals surface area contributed by atoms with Crippen LogP contribution in [0.25, 0.3) is 0 Å². The minimum absolute atomic E-state index is 0.0960. The Bertz CT molecular complexity index is 689. The van der Waals surface area contributed by atoms with Gasteiger partial charge in [-0.15, -0.1) is 0 Å². The van der Waals surface area contributed by atoms with Crippen molar-refractivity contribution >= 4 is 11.9 Å². The molecule has 0 aromatic heterocycles. The van der Waals surface area contributed by atoms with Gasteiger partial charge < -0.3 is 9.84 Å². The van der Waals surface area contributed by atoms with E-state index in [9.17, 15) is 9.59 Å². The number of hydrogen-bond donors (Lipinski definition) is 1. The highest BCUT2D eigenvalue weighted by Crippen LogP contribution is 2.14. The SMILES string of the molecule is CCCCC/C=C\C/C=C\CCCCCCCC(=O)OC(/C=C\C/C=C\CCCCC)CCCCCCC(=O)O. The highest BCUT2D eigenvalue weighted by atomic mass is 16.5. The molecule has 0 spiro atoms. The lowest BCUT2D eigenvalue weighted by atomic mass is 10.1. The fraction of sp³-hybridized carbons (Fsp3) is 0.722. The average molecular weight is 559 g/mol. The number of allylic oxidation sites excluding steroid dienone is 7. The highest BCUT2D eigenvalue weighted by Gasteiger charge is 2.11. The van der Waals surface area contributed by atoms with E-state index >= 15 is 0 Å². The third kappa shape index (κ3) is 30.4. The Morgan fingerprint density at radius 1 is 0.575 bits per heavy atom. The smallest absolute Gasteiger partial charge is 0.306 e. The van der Waals surface area contributed by atoms with Crippen LogP contribution in [0.2, 0.25) is 0 Å². The van der Waals surface area contributed by atoms with Gasteiger partial charge in [-0.1, -0.05) is 114 Å². The van der Waals surface area contributed by atoms with E-state index in [1.54, 1.807) is 0 Å². The number of ether oxygens (including phenoxy) is 1. The van der Waals surface area contributed by atoms with Crippen LogP contribution in [-0.4, -0.2) is 23.1 Å². The molecule has 40 heavy (non-hydrogen) atoms. The minimum Gasteiger partial charge on any atom is -0.481 e. The first-order valence-electron chi connectivity index (χ1n) is 16.6. The molecule has 0 fully saturated rings. The number of carboxylic acid groups (broad SMARTS) is 1. The van der Waals surface area contributed by atoms with Crippen molar-refractivity contribution in [1.82, 2.24) is 0 Å². The van der Waals surface area contributed by atoms with E-state index in [2.05, 4.69) is 56.4 Å². The van der Waals surface area contributed by atoms with Crippen LogP contribution in [0, 0.1) is 0 Å². The molecule has 0 aromatic carbocycles. The van der Waals surface area contributed by atoms with Crippen LogP contribution in [-0.2, 0) is 14.3 Å². The van der Waals surface area contributed by atoms with Crippen molar-refractivity contribution in [3.8, 4) is 0 Å². The maximum Gasteiger partial charge on any atom is 0.306 e. The van der Waals surface area contributed by atoms with E-state index in [4.69, 9.17) is 9.84 Å². The Hall–Kier alpha value is -2.10. The number of carboxylic acids is 1. The number of aliphatic carboxylic acids is 1. The van der Waals surface area contributed by atoms with Crippen LogP contribution in [0.4, 0.5) is 0 Å². The topological polar surface area (TPSA) is 63.6 Å². The summed E-state index contributed by atoms with van der Waals surface area (Å²) in [4.78, 5) is 23.2. The fourth-order valence-corrected chi connectivity index (χ4v) is 4.51. The first kappa shape index (κ1) is 37.9. The van der Waals surface area contributed by atoms with Gasteiger partial charge in [0.15, 0.2) is 0 Å². The molecule has 230 valence electrons. The molecule has 0 aromatic rings. The van der Waals surface area contributed by atoms with Crippen molar-refractivity contribution in [3.05, 3.63) is 48.6 Å². The summed E-state index contributed by atoms with van der Waals surface area (Å²) in [5.41, 5.74) is 0. The second-order valence-electron chi connectivity index (χ2n) is 11.0. The van der Waals surface area contributed by atoms with Gasteiger partial charge in [-0.05, 0) is 83.1 Å². The first-order chi connectivity index (χ1) is 19.6. The predicted octanol–water partition coefficient (Wildman–Crippen LogP) is 11.2. The van der Waals surface area contributed by atoms with Crippen molar-refractivity contribution in [1.29, 1.82) is 0 Å². The van der Waals surface area contributed by atoms with Crippen molar-refractivity contribution in [2.75, 3.05) is 0 Å². The lowest BCUT2D eigenvalue weighted by molar-refractivity contribution is -0.147. The molecule has 0 bridgehead atoms. The van der Waals surface area contributed by atoms with E-state index in [1.807, 2.05) is 6.08 Å². The van der Waals surface area contributed by atoms with Crippen LogP contribution in [0.5, 0.6) is 0 Å². The number of unbranched alkanes of at least 4 members (excludes halogenated alkanes) is 14. The Morgan fingerprint density at radius 2 is 1.05 bits per heavy atom. The van der Waals surface area contributed by atoms with Gasteiger partial charge in [0, 0.05) is 12.8 Å². The summed E-state index contributed by atoms with van der Waals surface area (Å²) >= 11 is 0. The van der Waals surface area contributed by atoms with E-state index in [1.165, 1.54) is 64.2 Å². The maximum absolute atomic E-state index is 12.5. The monoisotopic (exact) mass is 558 g/mol. The molecule has 0 aliphatic carbocycles. The van der Waals surface area contributed by atoms with Crippen molar-refractivity contribution < 1.29 is 19.4 Å². The zero-order valence-electron chi connectivity index (χ0n) is 26.1. The van der Waals surface area contributed by atoms with Gasteiger partial charge in [-0.3, -0.25) is 9.59 Å². The van der Waals surface area contributed by atoms with E-state index in [0.717, 1.165) is 64.2 Å². The molecular formula is C36H62O4. The quantitative estimate of drug-likeness (QED) is 0.0563. The first-order valence-corrected chi connectivity index (χ1v) is 16.6. The molecule has 1 N–H and O–H groups in total. The van der Waals surface area contributed by atoms with Crippen LogP contribution < -0.4 is 0 Å². The second-order valence-corrected chi connectivity index (χ2v) is 11.0. The van der Waals surface area contributed by atoms with E-state index < -0.39 is 5.97 Å². The summed E-state index contributed by atoms with van der Waals surface area (Å²) < 4.78 is 5.82. The molecule has 0 radical (unpaired) electrons. The Kier molecular flexibility index (Phi) is 29.8. The van der Waals surface area contributed by atoms with Crippen molar-refractivity contribution in [3.63, 3.8) is 0 Å². The third-order valence-corrected chi connectivity index (χ3v) is 7.01. The van der Waals surface area contributed by atoms with E-state index in [0.29, 0.717) is 12.8 Å². The Labute approximate surface area is 247 Å². The molecule has 0 saturated carbocycles. The number of carbonyl (C=O) groups excluding carboxylic acids is 1. The summed E-state index contributed by atoms with van der Waals surface area (Å²) in [7, 11) is 0. The molecule has 0 heterocycles. The molecular weight excluding hydrogens is 496 g/mol. The molecule has 0 saturated heterocycles. The third-order valence-electron chi connectivity index (χ3n) is 7.01. The molecule has 4 nitrogen and oxygen atoms in total. The fourth-order valence-electron chi connectivity index (χ4n) is 4.51. The van der Waals surface area contributed by atoms with Gasteiger partial charge >= 0.3 is 11.9 Å². The van der Waals surface area contributed by atoms with Gasteiger partial charge in [-0.2, -0.15) is 0 Å². The lowest BCUT2D eigenvalue weighted by Gasteiger charge is -2.14. The molecule has 0 aliphatic rings. The number of esters is 1. The lowest BCUT2D eigenvalue weighted by Crippen LogP contribution is -2.16. The van der Waals surface area contributed by atoms with Crippen LogP contribution >= 0.6 is 0 Å². The maximum atomic E-state index is 12.5. The molecule has 0 amide bonds. The van der Waals surface area contributed by atoms with Crippen LogP contribution in [0.3, 0.4) is 0 Å². The molecule has 4 heteroatoms. The highest BCUT2D eigenvalue weighted by molar-refractivity contribution is 5.69. The molecule has 0 rings (SSSR count). The van der Waals surface area contributed by atoms with Crippen LogP contribution in [0.1, 0.15) is 162 Å². The van der Waals surface area contributed by atoms with Gasteiger partial charge in [-0.25, -0.2) is 0 Å². The van der Waals surface area contributed by atoms with Gasteiger partial charge in [0.05, 0.1) is 0 Å². The number of carbonyl (C=O) groups is 2. The summed E-state index contributed by atoms with van der Waals surface area (Å²) in [5.74, 6) is -0.827. The zero-order valence-corrected chi connectivity index (χ0v) is 26.1. The van der Waals surface area contributed by atoms with Gasteiger partial charge in [0.2, 0.25) is 0 Å². The second kappa shape index (κ2) is 31.4. The predicted molar refractivity (Wildman–Crippen MR) is 172 cm³/mol. The standard InChI is InChI=1S/C36H62O4/c1-3-5-7-9-11-13-14-15-16-17-18-19-21-23-29-33-36(39)40-34(31-27-24-25-28-32-35(37)38)30-26-22-20-12-10-8-6-4-2/h11-13,15-16,20,26,30,34H,3-10,14,17-19,21-25,27-29,31-33H2,1-2H3,(H,37,38)/b13-11-,16-15-,20-12-,30-26-. The summed E-state index contributed by atoms with van der Waals surface area (Å²) in [6.07, 6.45) is 41.3. The number of rotatable bonds is 29. The minimum atomic E-state index is -0.731. The summed E-state index contributed by atoms with van der Waals surface area (Å²) in [5, 5.41) is 8.79. The molecule has 0 aliphatic heterocycles. The molecule has 1 unspecified atom stereocenters. The Balaban J connectivity index is 4.11. The van der Waals surface area contributed by atoms with Gasteiger partial charge in [0.25, 0.3) is 0 Å². The number of hydrogen-bond acceptors (Lipinski definition) is 3. The average Bonchev–Trinajstić information content (AvgIpc) is 2.93.